The molecule has 2 rings (SSSR count). The Morgan fingerprint density at radius 2 is 1.86 bits per heavy atom. The summed E-state index contributed by atoms with van der Waals surface area (Å²) in [5.74, 6) is 0.269. The van der Waals surface area contributed by atoms with E-state index in [1.165, 1.54) is 30.5 Å². The summed E-state index contributed by atoms with van der Waals surface area (Å²) < 4.78 is 15.2. The van der Waals surface area contributed by atoms with Crippen LogP contribution < -0.4 is 5.32 Å². The van der Waals surface area contributed by atoms with Crippen molar-refractivity contribution in [3.8, 4) is 0 Å². The van der Waals surface area contributed by atoms with Crippen LogP contribution in [0.5, 0.6) is 0 Å². The molecule has 158 valence electrons. The van der Waals surface area contributed by atoms with E-state index in [0.717, 1.165) is 43.5 Å². The summed E-state index contributed by atoms with van der Waals surface area (Å²) in [6.07, 6.45) is 5.54. The highest BCUT2D eigenvalue weighted by atomic mass is 32.2. The lowest BCUT2D eigenvalue weighted by molar-refractivity contribution is -0.133. The molecule has 28 heavy (non-hydrogen) atoms. The molecule has 4 nitrogen and oxygen atoms in total. The highest BCUT2D eigenvalue weighted by molar-refractivity contribution is 7.97. The molecule has 1 aromatic carbocycles. The number of carbonyl (C=O) groups is 1. The van der Waals surface area contributed by atoms with Crippen molar-refractivity contribution in [2.45, 2.75) is 70.3 Å². The normalized spacial score (nSPS) is 17.7. The smallest absolute Gasteiger partial charge is 0.226 e. The molecule has 0 saturated heterocycles. The Kier molecular flexibility index (Phi) is 9.25. The minimum absolute atomic E-state index is 0.0929. The molecule has 2 N–H and O–H groups in total. The molecule has 0 unspecified atom stereocenters. The van der Waals surface area contributed by atoms with E-state index in [-0.39, 0.29) is 23.7 Å². The van der Waals surface area contributed by atoms with Crippen molar-refractivity contribution < 1.29 is 14.3 Å². The van der Waals surface area contributed by atoms with Crippen LogP contribution in [0.4, 0.5) is 4.39 Å². The van der Waals surface area contributed by atoms with Gasteiger partial charge in [0.1, 0.15) is 5.82 Å². The molecule has 1 fully saturated rings. The topological polar surface area (TPSA) is 52.6 Å². The first-order valence-electron chi connectivity index (χ1n) is 10.5. The zero-order valence-electron chi connectivity index (χ0n) is 17.4. The van der Waals surface area contributed by atoms with Gasteiger partial charge in [-0.2, -0.15) is 0 Å². The molecule has 1 amide bonds. The standard InChI is InChI=1S/C22H35FN2O2S/c1-4-22(12-6-5-7-13-22)21(27)24-14-19(26)16-25(15-17(2)3)28-20-10-8-18(23)9-11-20/h8-11,17,19,26H,4-7,12-16H2,1-3H3,(H,24,27)/t19-/m0/s1. The molecule has 1 aliphatic carbocycles. The number of aliphatic hydroxyl groups excluding tert-OH is 1. The number of hydrogen-bond acceptors (Lipinski definition) is 4. The summed E-state index contributed by atoms with van der Waals surface area (Å²) in [6, 6.07) is 6.38. The summed E-state index contributed by atoms with van der Waals surface area (Å²) in [4.78, 5) is 13.7. The van der Waals surface area contributed by atoms with Gasteiger partial charge in [-0.25, -0.2) is 8.70 Å². The fourth-order valence-electron chi connectivity index (χ4n) is 3.87. The first-order valence-corrected chi connectivity index (χ1v) is 11.3. The molecular formula is C22H35FN2O2S. The number of aliphatic hydroxyl groups is 1. The molecule has 1 aromatic rings. The highest BCUT2D eigenvalue weighted by Gasteiger charge is 2.37. The van der Waals surface area contributed by atoms with Crippen molar-refractivity contribution in [2.75, 3.05) is 19.6 Å². The van der Waals surface area contributed by atoms with E-state index in [9.17, 15) is 14.3 Å². The zero-order chi connectivity index (χ0) is 20.6. The maximum absolute atomic E-state index is 13.1. The maximum atomic E-state index is 13.1. The van der Waals surface area contributed by atoms with Crippen LogP contribution in [0.25, 0.3) is 0 Å². The van der Waals surface area contributed by atoms with Crippen LogP contribution in [0.1, 0.15) is 59.3 Å². The molecule has 1 atom stereocenters. The molecule has 0 aromatic heterocycles. The van der Waals surface area contributed by atoms with Gasteiger partial charge in [-0.1, -0.05) is 40.0 Å². The first kappa shape index (κ1) is 23.2. The van der Waals surface area contributed by atoms with Crippen LogP contribution in [0.15, 0.2) is 29.2 Å². The van der Waals surface area contributed by atoms with Crippen LogP contribution in [-0.4, -0.2) is 41.1 Å². The Hall–Kier alpha value is -1.11. The Labute approximate surface area is 173 Å². The molecular weight excluding hydrogens is 375 g/mol. The summed E-state index contributed by atoms with van der Waals surface area (Å²) in [5.41, 5.74) is -0.252. The van der Waals surface area contributed by atoms with E-state index in [1.54, 1.807) is 12.1 Å². The maximum Gasteiger partial charge on any atom is 0.226 e. The van der Waals surface area contributed by atoms with E-state index in [4.69, 9.17) is 0 Å². The highest BCUT2D eigenvalue weighted by Crippen LogP contribution is 2.39. The molecule has 0 bridgehead atoms. The predicted octanol–water partition coefficient (Wildman–Crippen LogP) is 4.63. The number of nitrogens with zero attached hydrogens (tertiary/aromatic N) is 1. The molecule has 1 saturated carbocycles. The minimum atomic E-state index is -0.645. The van der Waals surface area contributed by atoms with Gasteiger partial charge in [0.25, 0.3) is 0 Å². The number of hydrogen-bond donors (Lipinski definition) is 2. The Balaban J connectivity index is 1.88. The van der Waals surface area contributed by atoms with Crippen molar-refractivity contribution in [1.29, 1.82) is 0 Å². The third-order valence-electron chi connectivity index (χ3n) is 5.50. The van der Waals surface area contributed by atoms with E-state index < -0.39 is 6.10 Å². The van der Waals surface area contributed by atoms with Crippen LogP contribution in [0.2, 0.25) is 0 Å². The van der Waals surface area contributed by atoms with E-state index in [1.807, 2.05) is 0 Å². The second-order valence-electron chi connectivity index (χ2n) is 8.34. The second-order valence-corrected chi connectivity index (χ2v) is 9.51. The van der Waals surface area contributed by atoms with Gasteiger partial charge in [0, 0.05) is 29.9 Å². The van der Waals surface area contributed by atoms with Crippen molar-refractivity contribution in [2.24, 2.45) is 11.3 Å². The predicted molar refractivity (Wildman–Crippen MR) is 113 cm³/mol. The van der Waals surface area contributed by atoms with Gasteiger partial charge >= 0.3 is 0 Å². The van der Waals surface area contributed by atoms with Crippen molar-refractivity contribution >= 4 is 17.9 Å². The van der Waals surface area contributed by atoms with Gasteiger partial charge in [-0.3, -0.25) is 4.79 Å². The average Bonchev–Trinajstić information content (AvgIpc) is 2.67. The lowest BCUT2D eigenvalue weighted by atomic mass is 9.71. The molecule has 0 spiro atoms. The van der Waals surface area contributed by atoms with E-state index in [0.29, 0.717) is 12.5 Å². The lowest BCUT2D eigenvalue weighted by Crippen LogP contribution is -2.46. The van der Waals surface area contributed by atoms with Crippen molar-refractivity contribution in [1.82, 2.24) is 9.62 Å². The van der Waals surface area contributed by atoms with Crippen LogP contribution >= 0.6 is 11.9 Å². The van der Waals surface area contributed by atoms with Crippen molar-refractivity contribution in [3.63, 3.8) is 0 Å². The summed E-state index contributed by atoms with van der Waals surface area (Å²) >= 11 is 1.51. The van der Waals surface area contributed by atoms with E-state index in [2.05, 4.69) is 30.4 Å². The second kappa shape index (κ2) is 11.2. The lowest BCUT2D eigenvalue weighted by Gasteiger charge is -2.35. The number of nitrogens with one attached hydrogen (secondary N) is 1. The van der Waals surface area contributed by atoms with Gasteiger partial charge in [-0.05, 0) is 61.4 Å². The summed E-state index contributed by atoms with van der Waals surface area (Å²) in [6.45, 7) is 7.84. The minimum Gasteiger partial charge on any atom is -0.390 e. The van der Waals surface area contributed by atoms with Crippen molar-refractivity contribution in [3.05, 3.63) is 30.1 Å². The van der Waals surface area contributed by atoms with Gasteiger partial charge in [-0.15, -0.1) is 0 Å². The van der Waals surface area contributed by atoms with Gasteiger partial charge in [0.2, 0.25) is 5.91 Å². The van der Waals surface area contributed by atoms with Crippen LogP contribution in [0, 0.1) is 17.2 Å². The molecule has 0 heterocycles. The number of halogens is 1. The largest absolute Gasteiger partial charge is 0.390 e. The monoisotopic (exact) mass is 410 g/mol. The molecule has 6 heteroatoms. The Morgan fingerprint density at radius 1 is 1.21 bits per heavy atom. The third kappa shape index (κ3) is 7.05. The SMILES string of the molecule is CCC1(C(=O)NC[C@H](O)CN(CC(C)C)Sc2ccc(F)cc2)CCCCC1. The number of carbonyl (C=O) groups excluding carboxylic acids is 1. The molecule has 0 aliphatic heterocycles. The van der Waals surface area contributed by atoms with Gasteiger partial charge in [0.15, 0.2) is 0 Å². The zero-order valence-corrected chi connectivity index (χ0v) is 18.2. The Bertz CT molecular complexity index is 603. The fourth-order valence-corrected chi connectivity index (χ4v) is 5.04. The Morgan fingerprint density at radius 3 is 2.43 bits per heavy atom. The van der Waals surface area contributed by atoms with Gasteiger partial charge in [0.05, 0.1) is 6.10 Å². The fraction of sp³-hybridized carbons (Fsp3) is 0.682. The quantitative estimate of drug-likeness (QED) is 0.552. The van der Waals surface area contributed by atoms with Crippen LogP contribution in [0.3, 0.4) is 0 Å². The number of amides is 1. The van der Waals surface area contributed by atoms with Gasteiger partial charge < -0.3 is 10.4 Å². The summed E-state index contributed by atoms with van der Waals surface area (Å²) in [7, 11) is 0. The van der Waals surface area contributed by atoms with E-state index >= 15 is 0 Å². The molecule has 1 aliphatic rings. The number of rotatable bonds is 10. The van der Waals surface area contributed by atoms with Crippen LogP contribution in [-0.2, 0) is 4.79 Å². The third-order valence-corrected chi connectivity index (χ3v) is 6.54. The number of benzene rings is 1. The molecule has 0 radical (unpaired) electrons. The first-order chi connectivity index (χ1) is 13.3. The average molecular weight is 411 g/mol. The summed E-state index contributed by atoms with van der Waals surface area (Å²) in [5, 5.41) is 13.5.